The summed E-state index contributed by atoms with van der Waals surface area (Å²) in [4.78, 5) is 41.0. The van der Waals surface area contributed by atoms with Gasteiger partial charge in [0.1, 0.15) is 17.8 Å². The van der Waals surface area contributed by atoms with E-state index < -0.39 is 63.9 Å². The second kappa shape index (κ2) is 9.98. The number of phenolic OH excluding ortho intramolecular Hbond substituents is 1. The topological polar surface area (TPSA) is 158 Å². The maximum absolute atomic E-state index is 14.6. The highest BCUT2D eigenvalue weighted by atomic mass is 16.4. The number of carbonyl (C=O) groups excluding carboxylic acids is 3. The van der Waals surface area contributed by atoms with Gasteiger partial charge in [0.25, 0.3) is 0 Å². The van der Waals surface area contributed by atoms with Crippen LogP contribution in [0.1, 0.15) is 86.5 Å². The van der Waals surface area contributed by atoms with Crippen LogP contribution in [0.3, 0.4) is 0 Å². The molecule has 3 aliphatic carbocycles. The summed E-state index contributed by atoms with van der Waals surface area (Å²) in [5, 5.41) is 47.5. The molecule has 2 unspecified atom stereocenters. The van der Waals surface area contributed by atoms with Crippen LogP contribution in [-0.2, 0) is 16.0 Å². The van der Waals surface area contributed by atoms with Crippen LogP contribution in [-0.4, -0.2) is 55.7 Å². The van der Waals surface area contributed by atoms with Crippen molar-refractivity contribution in [1.29, 1.82) is 0 Å². The average Bonchev–Trinajstić information content (AvgIpc) is 2.85. The van der Waals surface area contributed by atoms with Crippen molar-refractivity contribution in [3.8, 4) is 16.9 Å². The van der Waals surface area contributed by atoms with Gasteiger partial charge in [0.2, 0.25) is 5.91 Å². The van der Waals surface area contributed by atoms with Crippen LogP contribution in [0, 0.1) is 48.3 Å². The van der Waals surface area contributed by atoms with E-state index in [1.807, 2.05) is 72.7 Å². The highest BCUT2D eigenvalue weighted by molar-refractivity contribution is 6.10. The zero-order chi connectivity index (χ0) is 32.1. The molecule has 8 heteroatoms. The number of aliphatic hydroxyl groups excluding tert-OH is 2. The summed E-state index contributed by atoms with van der Waals surface area (Å²) < 4.78 is 0. The quantitative estimate of drug-likeness (QED) is 0.337. The predicted molar refractivity (Wildman–Crippen MR) is 162 cm³/mol. The van der Waals surface area contributed by atoms with E-state index in [1.165, 1.54) is 0 Å². The molecule has 232 valence electrons. The molecule has 2 saturated carbocycles. The van der Waals surface area contributed by atoms with E-state index in [0.717, 1.165) is 22.3 Å². The molecule has 0 bridgehead atoms. The maximum Gasteiger partial charge on any atom is 0.230 e. The van der Waals surface area contributed by atoms with E-state index in [4.69, 9.17) is 5.73 Å². The molecule has 0 spiro atoms. The molecule has 3 aliphatic rings. The first-order chi connectivity index (χ1) is 19.8. The molecule has 5 rings (SSSR count). The summed E-state index contributed by atoms with van der Waals surface area (Å²) in [6, 6.07) is 7.86. The molecule has 8 atom stereocenters. The van der Waals surface area contributed by atoms with Gasteiger partial charge in [-0.25, -0.2) is 0 Å². The predicted octanol–water partition coefficient (Wildman–Crippen LogP) is 3.98. The number of primary amides is 1. The monoisotopic (exact) mass is 591 g/mol. The summed E-state index contributed by atoms with van der Waals surface area (Å²) in [5.41, 5.74) is 5.70. The van der Waals surface area contributed by atoms with Crippen molar-refractivity contribution in [2.75, 3.05) is 0 Å². The molecule has 2 fully saturated rings. The third kappa shape index (κ3) is 4.16. The van der Waals surface area contributed by atoms with E-state index in [2.05, 4.69) is 0 Å². The van der Waals surface area contributed by atoms with Gasteiger partial charge in [0, 0.05) is 11.0 Å². The second-order valence-electron chi connectivity index (χ2n) is 14.7. The fourth-order valence-corrected chi connectivity index (χ4v) is 9.49. The molecule has 2 aromatic rings. The smallest absolute Gasteiger partial charge is 0.230 e. The molecular weight excluding hydrogens is 546 g/mol. The van der Waals surface area contributed by atoms with Crippen LogP contribution in [0.5, 0.6) is 5.75 Å². The number of rotatable bonds is 4. The van der Waals surface area contributed by atoms with Crippen LogP contribution in [0.4, 0.5) is 0 Å². The van der Waals surface area contributed by atoms with Gasteiger partial charge in [-0.05, 0) is 72.6 Å². The van der Waals surface area contributed by atoms with Crippen LogP contribution < -0.4 is 5.73 Å². The van der Waals surface area contributed by atoms with E-state index in [1.54, 1.807) is 6.92 Å². The minimum atomic E-state index is -2.53. The number of hydrogen-bond acceptors (Lipinski definition) is 7. The first kappa shape index (κ1) is 31.4. The molecule has 2 aromatic carbocycles. The molecule has 1 amide bonds. The lowest BCUT2D eigenvalue weighted by Gasteiger charge is -2.66. The molecule has 8 nitrogen and oxygen atoms in total. The first-order valence-corrected chi connectivity index (χ1v) is 15.3. The first-order valence-electron chi connectivity index (χ1n) is 15.3. The summed E-state index contributed by atoms with van der Waals surface area (Å²) in [5.74, 6) is -6.93. The fraction of sp³-hybridized carbons (Fsp3) is 0.571. The Balaban J connectivity index is 1.76. The molecule has 43 heavy (non-hydrogen) atoms. The Morgan fingerprint density at radius 2 is 1.58 bits per heavy atom. The lowest BCUT2D eigenvalue weighted by molar-refractivity contribution is -0.265. The molecule has 6 N–H and O–H groups in total. The standard InChI is InChI=1S/C35H45NO7/c1-15(2)20-12-21(19-10-17(5)9-18(6)11-19)27(37)23-22(20)13-33(7)14-34(8)25(16(3)4)29(39)24(32(36)42)30(40)35(34,43)31(41)26(33)28(23)38/h9-12,15-16,24-26,29,31,37,39,41,43H,13-14H2,1-8H3,(H2,36,42)/t24-,25+,26-,29?,31?,33-,34-,35+/m1/s1. The highest BCUT2D eigenvalue weighted by Crippen LogP contribution is 2.66. The van der Waals surface area contributed by atoms with Gasteiger partial charge in [-0.2, -0.15) is 0 Å². The van der Waals surface area contributed by atoms with Gasteiger partial charge in [-0.1, -0.05) is 70.9 Å². The van der Waals surface area contributed by atoms with Crippen molar-refractivity contribution in [2.45, 2.75) is 92.0 Å². The average molecular weight is 592 g/mol. The van der Waals surface area contributed by atoms with Gasteiger partial charge in [-0.3, -0.25) is 14.4 Å². The van der Waals surface area contributed by atoms with Crippen LogP contribution in [0.15, 0.2) is 24.3 Å². The van der Waals surface area contributed by atoms with Gasteiger partial charge in [0.05, 0.1) is 17.6 Å². The van der Waals surface area contributed by atoms with E-state index in [0.29, 0.717) is 17.5 Å². The number of carbonyl (C=O) groups is 3. The van der Waals surface area contributed by atoms with Crippen molar-refractivity contribution in [3.05, 3.63) is 52.1 Å². The molecular formula is C35H45NO7. The lowest BCUT2D eigenvalue weighted by atomic mass is 9.39. The SMILES string of the molecule is Cc1cc(C)cc(-c2cc(C(C)C)c3c(c2O)C(=O)[C@@H]2C(O)[C@@]4(O)C(=O)[C@H](C(N)=O)C(O)[C@H](C(C)C)[C@@]4(C)C[C@@]2(C)C3)c1. The number of aryl methyl sites for hydroxylation is 2. The van der Waals surface area contributed by atoms with E-state index in [9.17, 15) is 34.8 Å². The number of aromatic hydroxyl groups is 1. The largest absolute Gasteiger partial charge is 0.507 e. The molecule has 0 radical (unpaired) electrons. The number of amides is 1. The van der Waals surface area contributed by atoms with Crippen molar-refractivity contribution < 1.29 is 34.8 Å². The number of phenols is 1. The van der Waals surface area contributed by atoms with E-state index in [-0.39, 0.29) is 29.6 Å². The Kier molecular flexibility index (Phi) is 7.27. The van der Waals surface area contributed by atoms with Crippen molar-refractivity contribution in [2.24, 2.45) is 40.2 Å². The zero-order valence-corrected chi connectivity index (χ0v) is 26.4. The maximum atomic E-state index is 14.6. The molecule has 0 aliphatic heterocycles. The van der Waals surface area contributed by atoms with Gasteiger partial charge in [-0.15, -0.1) is 0 Å². The number of aliphatic hydroxyl groups is 3. The third-order valence-electron chi connectivity index (χ3n) is 11.0. The van der Waals surface area contributed by atoms with Crippen molar-refractivity contribution in [1.82, 2.24) is 0 Å². The number of hydrogen-bond donors (Lipinski definition) is 5. The normalized spacial score (nSPS) is 35.5. The Hall–Kier alpha value is -3.07. The van der Waals surface area contributed by atoms with Gasteiger partial charge < -0.3 is 26.2 Å². The molecule has 0 heterocycles. The van der Waals surface area contributed by atoms with Crippen LogP contribution >= 0.6 is 0 Å². The van der Waals surface area contributed by atoms with Crippen LogP contribution in [0.25, 0.3) is 11.1 Å². The zero-order valence-electron chi connectivity index (χ0n) is 26.4. The summed E-state index contributed by atoms with van der Waals surface area (Å²) in [6.07, 6.45) is -2.92. The number of fused-ring (bicyclic) bond motifs is 3. The molecule has 0 saturated heterocycles. The Bertz CT molecular complexity index is 1520. The summed E-state index contributed by atoms with van der Waals surface area (Å²) >= 11 is 0. The highest BCUT2D eigenvalue weighted by Gasteiger charge is 2.76. The molecule has 0 aromatic heterocycles. The third-order valence-corrected chi connectivity index (χ3v) is 11.0. The van der Waals surface area contributed by atoms with E-state index >= 15 is 0 Å². The van der Waals surface area contributed by atoms with Gasteiger partial charge in [0.15, 0.2) is 17.2 Å². The second-order valence-corrected chi connectivity index (χ2v) is 14.7. The summed E-state index contributed by atoms with van der Waals surface area (Å²) in [6.45, 7) is 15.2. The van der Waals surface area contributed by atoms with Crippen molar-refractivity contribution >= 4 is 17.5 Å². The number of nitrogens with two attached hydrogens (primary N) is 1. The number of ketones is 2. The number of benzene rings is 2. The fourth-order valence-electron chi connectivity index (χ4n) is 9.49. The Morgan fingerprint density at radius 3 is 2.09 bits per heavy atom. The van der Waals surface area contributed by atoms with Crippen molar-refractivity contribution in [3.63, 3.8) is 0 Å². The number of Topliss-reactive ketones (excluding diaryl/α,β-unsaturated/α-hetero) is 2. The Labute approximate surface area is 253 Å². The van der Waals surface area contributed by atoms with Crippen LogP contribution in [0.2, 0.25) is 0 Å². The summed E-state index contributed by atoms with van der Waals surface area (Å²) in [7, 11) is 0. The van der Waals surface area contributed by atoms with Gasteiger partial charge >= 0.3 is 0 Å². The Morgan fingerprint density at radius 1 is 1.00 bits per heavy atom. The lowest BCUT2D eigenvalue weighted by Crippen LogP contribution is -2.79. The minimum absolute atomic E-state index is 0.00538. The minimum Gasteiger partial charge on any atom is -0.507 e.